The SMILES string of the molecule is c1ccc2c(c1)nc1n2C[C@@]2(C[C@H]2Oc2ccc3c(c2)CCC3)O1. The van der Waals surface area contributed by atoms with Crippen molar-refractivity contribution in [1.82, 2.24) is 9.55 Å². The number of hydrogen-bond donors (Lipinski definition) is 0. The van der Waals surface area contributed by atoms with Crippen molar-refractivity contribution in [2.45, 2.75) is 43.9 Å². The minimum absolute atomic E-state index is 0.123. The Kier molecular flexibility index (Phi) is 2.32. The second kappa shape index (κ2) is 4.32. The predicted molar refractivity (Wildman–Crippen MR) is 90.6 cm³/mol. The van der Waals surface area contributed by atoms with Gasteiger partial charge in [-0.25, -0.2) is 0 Å². The molecule has 0 unspecified atom stereocenters. The third-order valence-electron chi connectivity index (χ3n) is 5.65. The number of benzene rings is 2. The quantitative estimate of drug-likeness (QED) is 0.725. The van der Waals surface area contributed by atoms with Crippen LogP contribution in [-0.4, -0.2) is 21.3 Å². The average Bonchev–Trinajstić information content (AvgIpc) is 2.95. The van der Waals surface area contributed by atoms with Gasteiger partial charge in [-0.3, -0.25) is 4.57 Å². The monoisotopic (exact) mass is 318 g/mol. The van der Waals surface area contributed by atoms with E-state index in [4.69, 9.17) is 9.47 Å². The Balaban J connectivity index is 1.25. The van der Waals surface area contributed by atoms with Gasteiger partial charge in [-0.2, -0.15) is 4.98 Å². The van der Waals surface area contributed by atoms with Gasteiger partial charge in [-0.15, -0.1) is 0 Å². The van der Waals surface area contributed by atoms with E-state index < -0.39 is 0 Å². The van der Waals surface area contributed by atoms with Crippen molar-refractivity contribution in [2.24, 2.45) is 0 Å². The van der Waals surface area contributed by atoms with Crippen LogP contribution in [0.5, 0.6) is 11.8 Å². The van der Waals surface area contributed by atoms with Crippen LogP contribution in [0.25, 0.3) is 11.0 Å². The standard InChI is InChI=1S/C20H18N2O2/c1-2-7-17-16(6-1)21-19-22(17)12-20(24-19)11-18(20)23-15-9-8-13-4-3-5-14(13)10-15/h1-2,6-10,18H,3-5,11-12H2/t18-,20-/m1/s1. The first-order valence-electron chi connectivity index (χ1n) is 8.74. The van der Waals surface area contributed by atoms with Gasteiger partial charge in [0.1, 0.15) is 11.9 Å². The lowest BCUT2D eigenvalue weighted by molar-refractivity contribution is 0.136. The molecule has 0 radical (unpaired) electrons. The van der Waals surface area contributed by atoms with Crippen LogP contribution in [0.1, 0.15) is 24.0 Å². The molecule has 6 rings (SSSR count). The topological polar surface area (TPSA) is 36.3 Å². The van der Waals surface area contributed by atoms with Gasteiger partial charge in [0.05, 0.1) is 17.6 Å². The second-order valence-electron chi connectivity index (χ2n) is 7.23. The average molecular weight is 318 g/mol. The van der Waals surface area contributed by atoms with Crippen LogP contribution in [-0.2, 0) is 19.4 Å². The molecule has 1 saturated carbocycles. The van der Waals surface area contributed by atoms with E-state index in [1.807, 2.05) is 18.2 Å². The van der Waals surface area contributed by atoms with E-state index in [9.17, 15) is 0 Å². The largest absolute Gasteiger partial charge is 0.486 e. The number of aromatic nitrogens is 2. The normalized spacial score (nSPS) is 26.4. The zero-order valence-electron chi connectivity index (χ0n) is 13.4. The molecule has 0 amide bonds. The van der Waals surface area contributed by atoms with E-state index in [1.165, 1.54) is 30.4 Å². The van der Waals surface area contributed by atoms with E-state index in [2.05, 4.69) is 33.8 Å². The Morgan fingerprint density at radius 1 is 1.12 bits per heavy atom. The first-order chi connectivity index (χ1) is 11.8. The zero-order chi connectivity index (χ0) is 15.7. The molecule has 0 N–H and O–H groups in total. The number of fused-ring (bicyclic) bond motifs is 4. The van der Waals surface area contributed by atoms with Crippen molar-refractivity contribution in [3.8, 4) is 11.8 Å². The maximum absolute atomic E-state index is 6.23. The van der Waals surface area contributed by atoms with Gasteiger partial charge in [0.15, 0.2) is 5.60 Å². The molecule has 3 aromatic rings. The van der Waals surface area contributed by atoms with Crippen molar-refractivity contribution in [1.29, 1.82) is 0 Å². The molecular weight excluding hydrogens is 300 g/mol. The Hall–Kier alpha value is -2.49. The highest BCUT2D eigenvalue weighted by atomic mass is 16.6. The fourth-order valence-electron chi connectivity index (χ4n) is 4.23. The van der Waals surface area contributed by atoms with Gasteiger partial charge >= 0.3 is 0 Å². The van der Waals surface area contributed by atoms with E-state index in [0.29, 0.717) is 0 Å². The van der Waals surface area contributed by atoms with Crippen molar-refractivity contribution >= 4 is 11.0 Å². The predicted octanol–water partition coefficient (Wildman–Crippen LogP) is 3.51. The molecule has 0 saturated heterocycles. The lowest BCUT2D eigenvalue weighted by Gasteiger charge is -2.12. The summed E-state index contributed by atoms with van der Waals surface area (Å²) in [4.78, 5) is 4.60. The number of ether oxygens (including phenoxy) is 2. The molecule has 24 heavy (non-hydrogen) atoms. The molecule has 2 aliphatic carbocycles. The third-order valence-corrected chi connectivity index (χ3v) is 5.65. The summed E-state index contributed by atoms with van der Waals surface area (Å²) in [5, 5.41) is 0. The van der Waals surface area contributed by atoms with Crippen molar-refractivity contribution < 1.29 is 9.47 Å². The van der Waals surface area contributed by atoms with E-state index in [-0.39, 0.29) is 11.7 Å². The van der Waals surface area contributed by atoms with Crippen LogP contribution in [0.15, 0.2) is 42.5 Å². The lowest BCUT2D eigenvalue weighted by Crippen LogP contribution is -2.24. The van der Waals surface area contributed by atoms with Crippen LogP contribution < -0.4 is 9.47 Å². The maximum Gasteiger partial charge on any atom is 0.298 e. The summed E-state index contributed by atoms with van der Waals surface area (Å²) in [5.41, 5.74) is 4.86. The zero-order valence-corrected chi connectivity index (χ0v) is 13.4. The molecule has 1 aromatic heterocycles. The third kappa shape index (κ3) is 1.71. The van der Waals surface area contributed by atoms with Crippen molar-refractivity contribution in [3.63, 3.8) is 0 Å². The molecule has 1 fully saturated rings. The minimum atomic E-state index is -0.217. The molecule has 4 nitrogen and oxygen atoms in total. The molecule has 1 spiro atoms. The first kappa shape index (κ1) is 12.9. The fraction of sp³-hybridized carbons (Fsp3) is 0.350. The van der Waals surface area contributed by atoms with Gasteiger partial charge in [0, 0.05) is 6.42 Å². The highest BCUT2D eigenvalue weighted by Crippen LogP contribution is 2.50. The van der Waals surface area contributed by atoms with Gasteiger partial charge in [0.25, 0.3) is 6.01 Å². The number of para-hydroxylation sites is 2. The van der Waals surface area contributed by atoms with Gasteiger partial charge in [0.2, 0.25) is 0 Å². The summed E-state index contributed by atoms with van der Waals surface area (Å²) in [6.45, 7) is 0.832. The molecule has 120 valence electrons. The summed E-state index contributed by atoms with van der Waals surface area (Å²) < 4.78 is 14.6. The summed E-state index contributed by atoms with van der Waals surface area (Å²) >= 11 is 0. The Morgan fingerprint density at radius 2 is 2.04 bits per heavy atom. The van der Waals surface area contributed by atoms with Crippen LogP contribution in [0.2, 0.25) is 0 Å². The molecular formula is C20H18N2O2. The van der Waals surface area contributed by atoms with Crippen molar-refractivity contribution in [3.05, 3.63) is 53.6 Å². The molecule has 1 aliphatic heterocycles. The Labute approximate surface area is 140 Å². The van der Waals surface area contributed by atoms with Gasteiger partial charge in [-0.1, -0.05) is 18.2 Å². The Bertz CT molecular complexity index is 977. The van der Waals surface area contributed by atoms with Gasteiger partial charge in [-0.05, 0) is 54.7 Å². The van der Waals surface area contributed by atoms with E-state index in [1.54, 1.807) is 0 Å². The lowest BCUT2D eigenvalue weighted by atomic mass is 10.1. The van der Waals surface area contributed by atoms with Crippen LogP contribution in [0, 0.1) is 0 Å². The molecule has 2 aromatic carbocycles. The minimum Gasteiger partial charge on any atom is -0.486 e. The molecule has 4 heteroatoms. The summed E-state index contributed by atoms with van der Waals surface area (Å²) in [6, 6.07) is 15.5. The first-order valence-corrected chi connectivity index (χ1v) is 8.74. The summed E-state index contributed by atoms with van der Waals surface area (Å²) in [7, 11) is 0. The van der Waals surface area contributed by atoms with E-state index in [0.717, 1.165) is 35.8 Å². The fourth-order valence-corrected chi connectivity index (χ4v) is 4.23. The molecule has 0 bridgehead atoms. The number of hydrogen-bond acceptors (Lipinski definition) is 3. The van der Waals surface area contributed by atoms with Gasteiger partial charge < -0.3 is 9.47 Å². The molecule has 2 atom stereocenters. The van der Waals surface area contributed by atoms with Crippen LogP contribution in [0.4, 0.5) is 0 Å². The number of rotatable bonds is 2. The number of imidazole rings is 1. The summed E-state index contributed by atoms with van der Waals surface area (Å²) in [5.74, 6) is 0.982. The smallest absolute Gasteiger partial charge is 0.298 e. The van der Waals surface area contributed by atoms with E-state index >= 15 is 0 Å². The highest BCUT2D eigenvalue weighted by molar-refractivity contribution is 5.77. The number of nitrogens with zero attached hydrogens (tertiary/aromatic N) is 2. The second-order valence-corrected chi connectivity index (χ2v) is 7.23. The van der Waals surface area contributed by atoms with Crippen LogP contribution in [0.3, 0.4) is 0 Å². The Morgan fingerprint density at radius 3 is 3.04 bits per heavy atom. The summed E-state index contributed by atoms with van der Waals surface area (Å²) in [6.07, 6.45) is 4.71. The van der Waals surface area contributed by atoms with Crippen molar-refractivity contribution in [2.75, 3.05) is 0 Å². The number of aryl methyl sites for hydroxylation is 2. The maximum atomic E-state index is 6.23. The highest BCUT2D eigenvalue weighted by Gasteiger charge is 2.63. The molecule has 2 heterocycles. The van der Waals surface area contributed by atoms with Crippen LogP contribution >= 0.6 is 0 Å². The molecule has 3 aliphatic rings.